The van der Waals surface area contributed by atoms with Crippen LogP contribution in [0.2, 0.25) is 0 Å². The van der Waals surface area contributed by atoms with Gasteiger partial charge in [0.1, 0.15) is 5.82 Å². The molecule has 0 saturated carbocycles. The Morgan fingerprint density at radius 2 is 1.57 bits per heavy atom. The number of hydrogen-bond acceptors (Lipinski definition) is 0. The first-order valence-corrected chi connectivity index (χ1v) is 7.32. The van der Waals surface area contributed by atoms with E-state index in [1.165, 1.54) is 28.5 Å². The fourth-order valence-electron chi connectivity index (χ4n) is 3.14. The Hall–Kier alpha value is -2.35. The van der Waals surface area contributed by atoms with Crippen molar-refractivity contribution in [2.24, 2.45) is 0 Å². The highest BCUT2D eigenvalue weighted by molar-refractivity contribution is 5.82. The zero-order chi connectivity index (χ0) is 14.2. The Morgan fingerprint density at radius 3 is 2.24 bits per heavy atom. The van der Waals surface area contributed by atoms with Crippen LogP contribution in [-0.2, 0) is 0 Å². The SMILES string of the molecule is Fc1ccc(C2=CC(n3cc4ccccc4c3)CC2)cc1. The van der Waals surface area contributed by atoms with Crippen LogP contribution in [0.5, 0.6) is 0 Å². The lowest BCUT2D eigenvalue weighted by Crippen LogP contribution is -1.99. The number of benzene rings is 2. The van der Waals surface area contributed by atoms with Crippen LogP contribution in [0.3, 0.4) is 0 Å². The van der Waals surface area contributed by atoms with Crippen molar-refractivity contribution in [2.45, 2.75) is 18.9 Å². The summed E-state index contributed by atoms with van der Waals surface area (Å²) < 4.78 is 15.3. The number of halogens is 1. The summed E-state index contributed by atoms with van der Waals surface area (Å²) in [5, 5.41) is 2.56. The lowest BCUT2D eigenvalue weighted by Gasteiger charge is -2.08. The molecule has 0 spiro atoms. The second kappa shape index (κ2) is 4.88. The van der Waals surface area contributed by atoms with Gasteiger partial charge in [-0.2, -0.15) is 0 Å². The quantitative estimate of drug-likeness (QED) is 0.607. The molecule has 0 radical (unpaired) electrons. The number of nitrogens with zero attached hydrogens (tertiary/aromatic N) is 1. The van der Waals surface area contributed by atoms with E-state index in [0.717, 1.165) is 18.4 Å². The number of fused-ring (bicyclic) bond motifs is 1. The molecule has 3 aromatic rings. The van der Waals surface area contributed by atoms with Crippen LogP contribution >= 0.6 is 0 Å². The standard InChI is InChI=1S/C19H16FN/c20-18-8-5-14(6-9-18)15-7-10-19(11-15)21-12-16-3-1-2-4-17(16)13-21/h1-6,8-9,11-13,19H,7,10H2. The van der Waals surface area contributed by atoms with E-state index in [1.807, 2.05) is 12.1 Å². The molecule has 1 heterocycles. The average Bonchev–Trinajstić information content (AvgIpc) is 3.14. The number of hydrogen-bond donors (Lipinski definition) is 0. The molecule has 104 valence electrons. The summed E-state index contributed by atoms with van der Waals surface area (Å²) in [6, 6.07) is 15.6. The Balaban J connectivity index is 1.66. The first-order chi connectivity index (χ1) is 10.3. The topological polar surface area (TPSA) is 4.93 Å². The van der Waals surface area contributed by atoms with Gasteiger partial charge in [-0.05, 0) is 46.9 Å². The molecule has 1 aliphatic rings. The Kier molecular flexibility index (Phi) is 2.88. The maximum absolute atomic E-state index is 13.0. The van der Waals surface area contributed by atoms with E-state index in [2.05, 4.69) is 47.3 Å². The molecule has 0 amide bonds. The fourth-order valence-corrected chi connectivity index (χ4v) is 3.14. The maximum atomic E-state index is 13.0. The van der Waals surface area contributed by atoms with Gasteiger partial charge < -0.3 is 4.57 Å². The zero-order valence-electron chi connectivity index (χ0n) is 11.7. The van der Waals surface area contributed by atoms with Crippen molar-refractivity contribution in [3.8, 4) is 0 Å². The zero-order valence-corrected chi connectivity index (χ0v) is 11.7. The van der Waals surface area contributed by atoms with Crippen LogP contribution in [0.4, 0.5) is 4.39 Å². The minimum absolute atomic E-state index is 0.175. The smallest absolute Gasteiger partial charge is 0.123 e. The molecular formula is C19H16FN. The lowest BCUT2D eigenvalue weighted by atomic mass is 10.1. The summed E-state index contributed by atoms with van der Waals surface area (Å²) >= 11 is 0. The van der Waals surface area contributed by atoms with E-state index < -0.39 is 0 Å². The molecule has 0 N–H and O–H groups in total. The third kappa shape index (κ3) is 2.27. The van der Waals surface area contributed by atoms with Crippen LogP contribution in [0, 0.1) is 5.82 Å². The fraction of sp³-hybridized carbons (Fsp3) is 0.158. The van der Waals surface area contributed by atoms with Gasteiger partial charge in [0.15, 0.2) is 0 Å². The summed E-state index contributed by atoms with van der Waals surface area (Å²) in [4.78, 5) is 0. The van der Waals surface area contributed by atoms with E-state index in [0.29, 0.717) is 6.04 Å². The predicted molar refractivity (Wildman–Crippen MR) is 84.6 cm³/mol. The number of aromatic nitrogens is 1. The predicted octanol–water partition coefficient (Wildman–Crippen LogP) is 5.20. The van der Waals surface area contributed by atoms with E-state index in [9.17, 15) is 4.39 Å². The van der Waals surface area contributed by atoms with Gasteiger partial charge >= 0.3 is 0 Å². The van der Waals surface area contributed by atoms with Crippen molar-refractivity contribution >= 4 is 16.3 Å². The van der Waals surface area contributed by atoms with E-state index in [4.69, 9.17) is 0 Å². The maximum Gasteiger partial charge on any atom is 0.123 e. The van der Waals surface area contributed by atoms with Gasteiger partial charge in [0.2, 0.25) is 0 Å². The van der Waals surface area contributed by atoms with Crippen molar-refractivity contribution < 1.29 is 4.39 Å². The van der Waals surface area contributed by atoms with Crippen LogP contribution < -0.4 is 0 Å². The van der Waals surface area contributed by atoms with E-state index in [1.54, 1.807) is 0 Å². The second-order valence-corrected chi connectivity index (χ2v) is 5.64. The van der Waals surface area contributed by atoms with Crippen LogP contribution in [0.25, 0.3) is 16.3 Å². The minimum atomic E-state index is -0.175. The molecule has 1 atom stereocenters. The highest BCUT2D eigenvalue weighted by Crippen LogP contribution is 2.35. The largest absolute Gasteiger partial charge is 0.346 e. The van der Waals surface area contributed by atoms with Gasteiger partial charge in [-0.3, -0.25) is 0 Å². The van der Waals surface area contributed by atoms with Gasteiger partial charge in [0, 0.05) is 12.4 Å². The minimum Gasteiger partial charge on any atom is -0.346 e. The average molecular weight is 277 g/mol. The molecule has 4 rings (SSSR count). The molecule has 0 aliphatic heterocycles. The van der Waals surface area contributed by atoms with Gasteiger partial charge in [-0.15, -0.1) is 0 Å². The molecule has 2 heteroatoms. The third-order valence-electron chi connectivity index (χ3n) is 4.27. The van der Waals surface area contributed by atoms with Crippen molar-refractivity contribution in [3.63, 3.8) is 0 Å². The first-order valence-electron chi connectivity index (χ1n) is 7.32. The van der Waals surface area contributed by atoms with Gasteiger partial charge in [0.05, 0.1) is 6.04 Å². The molecule has 21 heavy (non-hydrogen) atoms. The highest BCUT2D eigenvalue weighted by Gasteiger charge is 2.18. The molecule has 2 aromatic carbocycles. The molecule has 0 saturated heterocycles. The van der Waals surface area contributed by atoms with Crippen LogP contribution in [-0.4, -0.2) is 4.57 Å². The number of allylic oxidation sites excluding steroid dienone is 2. The van der Waals surface area contributed by atoms with Crippen molar-refractivity contribution in [1.82, 2.24) is 4.57 Å². The van der Waals surface area contributed by atoms with Crippen LogP contribution in [0.1, 0.15) is 24.4 Å². The van der Waals surface area contributed by atoms with Gasteiger partial charge in [-0.25, -0.2) is 4.39 Å². The molecule has 0 bridgehead atoms. The molecule has 1 aromatic heterocycles. The van der Waals surface area contributed by atoms with Crippen molar-refractivity contribution in [3.05, 3.63) is 78.4 Å². The van der Waals surface area contributed by atoms with Gasteiger partial charge in [0.25, 0.3) is 0 Å². The summed E-state index contributed by atoms with van der Waals surface area (Å²) in [6.07, 6.45) is 8.89. The molecule has 1 unspecified atom stereocenters. The molecule has 1 aliphatic carbocycles. The summed E-state index contributed by atoms with van der Waals surface area (Å²) in [7, 11) is 0. The first kappa shape index (κ1) is 12.4. The number of rotatable bonds is 2. The monoisotopic (exact) mass is 277 g/mol. The summed E-state index contributed by atoms with van der Waals surface area (Å²) in [5.41, 5.74) is 2.45. The Bertz CT molecular complexity index is 778. The van der Waals surface area contributed by atoms with Crippen molar-refractivity contribution in [2.75, 3.05) is 0 Å². The Morgan fingerprint density at radius 1 is 0.905 bits per heavy atom. The van der Waals surface area contributed by atoms with Crippen molar-refractivity contribution in [1.29, 1.82) is 0 Å². The van der Waals surface area contributed by atoms with Gasteiger partial charge in [-0.1, -0.05) is 42.5 Å². The normalized spacial score (nSPS) is 18.1. The highest BCUT2D eigenvalue weighted by atomic mass is 19.1. The van der Waals surface area contributed by atoms with E-state index in [-0.39, 0.29) is 5.82 Å². The second-order valence-electron chi connectivity index (χ2n) is 5.64. The summed E-state index contributed by atoms with van der Waals surface area (Å²) in [5.74, 6) is -0.175. The Labute approximate surface area is 123 Å². The third-order valence-corrected chi connectivity index (χ3v) is 4.27. The van der Waals surface area contributed by atoms with E-state index >= 15 is 0 Å². The lowest BCUT2D eigenvalue weighted by molar-refractivity contribution is 0.596. The molecule has 1 nitrogen and oxygen atoms in total. The molecular weight excluding hydrogens is 261 g/mol. The molecule has 0 fully saturated rings. The summed E-state index contributed by atoms with van der Waals surface area (Å²) in [6.45, 7) is 0. The van der Waals surface area contributed by atoms with Crippen LogP contribution in [0.15, 0.2) is 67.0 Å².